The van der Waals surface area contributed by atoms with Crippen molar-refractivity contribution in [1.29, 1.82) is 0 Å². The van der Waals surface area contributed by atoms with Crippen molar-refractivity contribution in [3.63, 3.8) is 0 Å². The van der Waals surface area contributed by atoms with Crippen LogP contribution in [0.3, 0.4) is 0 Å². The minimum Gasteiger partial charge on any atom is -0.460 e. The van der Waals surface area contributed by atoms with E-state index in [0.29, 0.717) is 11.3 Å². The number of aromatic nitrogens is 1. The number of pyridine rings is 1. The average Bonchev–Trinajstić information content (AvgIpc) is 2.60. The number of rotatable bonds is 6. The highest BCUT2D eigenvalue weighted by Gasteiger charge is 2.06. The summed E-state index contributed by atoms with van der Waals surface area (Å²) in [6.45, 7) is 5.23. The third-order valence-corrected chi connectivity index (χ3v) is 2.98. The second kappa shape index (κ2) is 8.47. The van der Waals surface area contributed by atoms with Crippen LogP contribution in [0.25, 0.3) is 11.3 Å². The van der Waals surface area contributed by atoms with E-state index in [2.05, 4.69) is 16.9 Å². The molecule has 0 saturated carbocycles. The van der Waals surface area contributed by atoms with Crippen LogP contribution in [-0.4, -0.2) is 30.2 Å². The number of ether oxygens (including phenoxy) is 2. The molecule has 6 heteroatoms. The van der Waals surface area contributed by atoms with Crippen molar-refractivity contribution in [2.75, 3.05) is 13.2 Å². The molecule has 6 nitrogen and oxygen atoms in total. The van der Waals surface area contributed by atoms with Crippen LogP contribution in [-0.2, 0) is 9.53 Å². The lowest BCUT2D eigenvalue weighted by Crippen LogP contribution is -2.30. The summed E-state index contributed by atoms with van der Waals surface area (Å²) in [6.07, 6.45) is 1.10. The third-order valence-electron chi connectivity index (χ3n) is 2.98. The molecule has 0 bridgehead atoms. The van der Waals surface area contributed by atoms with Crippen LogP contribution in [0, 0.1) is 0 Å². The molecule has 0 aliphatic carbocycles. The molecule has 2 aromatic rings. The Hall–Kier alpha value is -3.15. The summed E-state index contributed by atoms with van der Waals surface area (Å²) < 4.78 is 9.98. The van der Waals surface area contributed by atoms with Gasteiger partial charge in [0.1, 0.15) is 12.4 Å². The molecule has 0 aliphatic rings. The number of nitrogens with one attached hydrogen (secondary N) is 1. The Morgan fingerprint density at radius 1 is 1.17 bits per heavy atom. The van der Waals surface area contributed by atoms with Crippen molar-refractivity contribution in [3.8, 4) is 17.0 Å². The van der Waals surface area contributed by atoms with Gasteiger partial charge in [0.2, 0.25) is 0 Å². The summed E-state index contributed by atoms with van der Waals surface area (Å²) >= 11 is 0. The van der Waals surface area contributed by atoms with Crippen LogP contribution in [0.15, 0.2) is 60.8 Å². The zero-order valence-electron chi connectivity index (χ0n) is 13.3. The fourth-order valence-corrected chi connectivity index (χ4v) is 1.79. The number of nitrogens with zero attached hydrogens (tertiary/aromatic N) is 1. The number of carbonyl (C=O) groups excluding carboxylic acids is 2. The first kappa shape index (κ1) is 17.2. The number of amides is 1. The van der Waals surface area contributed by atoms with E-state index in [1.807, 2.05) is 30.3 Å². The fraction of sp³-hybridized carbons (Fsp3) is 0.167. The van der Waals surface area contributed by atoms with Gasteiger partial charge in [0, 0.05) is 17.3 Å². The summed E-state index contributed by atoms with van der Waals surface area (Å²) in [7, 11) is 0. The first-order valence-corrected chi connectivity index (χ1v) is 7.36. The molecule has 24 heavy (non-hydrogen) atoms. The monoisotopic (exact) mass is 326 g/mol. The van der Waals surface area contributed by atoms with E-state index in [1.165, 1.54) is 0 Å². The highest BCUT2D eigenvalue weighted by Crippen LogP contribution is 2.20. The second-order valence-corrected chi connectivity index (χ2v) is 4.97. The molecule has 1 heterocycles. The van der Waals surface area contributed by atoms with Gasteiger partial charge in [-0.2, -0.15) is 0 Å². The lowest BCUT2D eigenvalue weighted by molar-refractivity contribution is -0.138. The molecule has 1 aromatic heterocycles. The predicted octanol–water partition coefficient (Wildman–Crippen LogP) is 2.96. The van der Waals surface area contributed by atoms with E-state index in [1.54, 1.807) is 25.3 Å². The average molecular weight is 326 g/mol. The molecule has 0 unspecified atom stereocenters. The molecule has 0 fully saturated rings. The molecule has 2 rings (SSSR count). The van der Waals surface area contributed by atoms with Gasteiger partial charge in [-0.3, -0.25) is 4.98 Å². The molecular weight excluding hydrogens is 308 g/mol. The van der Waals surface area contributed by atoms with Gasteiger partial charge in [-0.25, -0.2) is 9.59 Å². The standard InChI is InChI=1S/C18H18N2O4/c1-13(2)17(21)23-12-11-20-18(22)24-15-8-6-14(7-9-15)16-5-3-4-10-19-16/h3-10H,1,11-12H2,2H3,(H,20,22). The normalized spacial score (nSPS) is 9.88. The Labute approximate surface area is 140 Å². The summed E-state index contributed by atoms with van der Waals surface area (Å²) in [5, 5.41) is 2.49. The first-order chi connectivity index (χ1) is 11.6. The summed E-state index contributed by atoms with van der Waals surface area (Å²) in [5.74, 6) is -0.0820. The predicted molar refractivity (Wildman–Crippen MR) is 89.5 cm³/mol. The lowest BCUT2D eigenvalue weighted by atomic mass is 10.1. The van der Waals surface area contributed by atoms with Gasteiger partial charge in [-0.15, -0.1) is 0 Å². The largest absolute Gasteiger partial charge is 0.460 e. The van der Waals surface area contributed by atoms with Crippen LogP contribution in [0.2, 0.25) is 0 Å². The van der Waals surface area contributed by atoms with Crippen molar-refractivity contribution in [1.82, 2.24) is 10.3 Å². The van der Waals surface area contributed by atoms with Gasteiger partial charge in [-0.1, -0.05) is 12.6 Å². The van der Waals surface area contributed by atoms with Crippen LogP contribution >= 0.6 is 0 Å². The van der Waals surface area contributed by atoms with Crippen molar-refractivity contribution < 1.29 is 19.1 Å². The first-order valence-electron chi connectivity index (χ1n) is 7.36. The van der Waals surface area contributed by atoms with Crippen LogP contribution < -0.4 is 10.1 Å². The molecule has 0 saturated heterocycles. The maximum absolute atomic E-state index is 11.6. The van der Waals surface area contributed by atoms with E-state index in [9.17, 15) is 9.59 Å². The summed E-state index contributed by atoms with van der Waals surface area (Å²) in [5.41, 5.74) is 2.08. The second-order valence-electron chi connectivity index (χ2n) is 4.97. The number of esters is 1. The van der Waals surface area contributed by atoms with Crippen molar-refractivity contribution >= 4 is 12.1 Å². The molecule has 0 atom stereocenters. The van der Waals surface area contributed by atoms with Gasteiger partial charge in [-0.05, 0) is 43.3 Å². The van der Waals surface area contributed by atoms with E-state index in [0.717, 1.165) is 11.3 Å². The lowest BCUT2D eigenvalue weighted by Gasteiger charge is -2.08. The zero-order valence-corrected chi connectivity index (χ0v) is 13.3. The number of hydrogen-bond acceptors (Lipinski definition) is 5. The van der Waals surface area contributed by atoms with Gasteiger partial charge >= 0.3 is 12.1 Å². The maximum atomic E-state index is 11.6. The fourth-order valence-electron chi connectivity index (χ4n) is 1.79. The van der Waals surface area contributed by atoms with Gasteiger partial charge < -0.3 is 14.8 Å². The Bertz CT molecular complexity index is 712. The van der Waals surface area contributed by atoms with E-state index in [4.69, 9.17) is 9.47 Å². The topological polar surface area (TPSA) is 77.5 Å². The van der Waals surface area contributed by atoms with Crippen LogP contribution in [0.4, 0.5) is 4.79 Å². The highest BCUT2D eigenvalue weighted by molar-refractivity contribution is 5.86. The maximum Gasteiger partial charge on any atom is 0.412 e. The number of benzene rings is 1. The molecule has 1 amide bonds. The molecule has 0 aliphatic heterocycles. The molecular formula is C18H18N2O4. The van der Waals surface area contributed by atoms with E-state index < -0.39 is 12.1 Å². The van der Waals surface area contributed by atoms with Crippen LogP contribution in [0.5, 0.6) is 5.75 Å². The van der Waals surface area contributed by atoms with Crippen molar-refractivity contribution in [2.45, 2.75) is 6.92 Å². The Morgan fingerprint density at radius 3 is 2.54 bits per heavy atom. The Kier molecular flexibility index (Phi) is 6.08. The van der Waals surface area contributed by atoms with Crippen molar-refractivity contribution in [3.05, 3.63) is 60.8 Å². The number of carbonyl (C=O) groups is 2. The molecule has 124 valence electrons. The minimum absolute atomic E-state index is 0.0550. The molecule has 0 spiro atoms. The zero-order chi connectivity index (χ0) is 17.4. The third kappa shape index (κ3) is 5.24. The smallest absolute Gasteiger partial charge is 0.412 e. The summed E-state index contributed by atoms with van der Waals surface area (Å²) in [4.78, 5) is 27.0. The quantitative estimate of drug-likeness (QED) is 0.502. The van der Waals surface area contributed by atoms with Gasteiger partial charge in [0.25, 0.3) is 0 Å². The SMILES string of the molecule is C=C(C)C(=O)OCCNC(=O)Oc1ccc(-c2ccccn2)cc1. The van der Waals surface area contributed by atoms with E-state index >= 15 is 0 Å². The van der Waals surface area contributed by atoms with Gasteiger partial charge in [0.15, 0.2) is 0 Å². The minimum atomic E-state index is -0.619. The van der Waals surface area contributed by atoms with Crippen LogP contribution in [0.1, 0.15) is 6.92 Å². The highest BCUT2D eigenvalue weighted by atomic mass is 16.6. The Balaban J connectivity index is 1.78. The van der Waals surface area contributed by atoms with Crippen molar-refractivity contribution in [2.24, 2.45) is 0 Å². The van der Waals surface area contributed by atoms with E-state index in [-0.39, 0.29) is 13.2 Å². The summed E-state index contributed by atoms with van der Waals surface area (Å²) in [6, 6.07) is 12.7. The number of hydrogen-bond donors (Lipinski definition) is 1. The molecule has 1 N–H and O–H groups in total. The molecule has 1 aromatic carbocycles. The molecule has 0 radical (unpaired) electrons. The Morgan fingerprint density at radius 2 is 1.92 bits per heavy atom. The van der Waals surface area contributed by atoms with Gasteiger partial charge in [0.05, 0.1) is 12.2 Å².